The second-order valence-corrected chi connectivity index (χ2v) is 8.00. The third-order valence-electron chi connectivity index (χ3n) is 5.71. The maximum Gasteiger partial charge on any atom is 0.225 e. The first-order valence-corrected chi connectivity index (χ1v) is 10.5. The highest BCUT2D eigenvalue weighted by Gasteiger charge is 2.27. The number of anilines is 1. The Labute approximate surface area is 176 Å². The Hall–Kier alpha value is -3.09. The van der Waals surface area contributed by atoms with Gasteiger partial charge in [-0.05, 0) is 62.9 Å². The molecule has 0 aliphatic carbocycles. The van der Waals surface area contributed by atoms with E-state index in [1.54, 1.807) is 7.11 Å². The van der Waals surface area contributed by atoms with Crippen molar-refractivity contribution in [2.45, 2.75) is 33.1 Å². The first kappa shape index (κ1) is 20.2. The lowest BCUT2D eigenvalue weighted by atomic mass is 9.97. The number of hydrogen-bond donors (Lipinski definition) is 2. The molecule has 0 unspecified atom stereocenters. The molecule has 0 radical (unpaired) electrons. The van der Waals surface area contributed by atoms with Crippen LogP contribution in [0.2, 0.25) is 0 Å². The van der Waals surface area contributed by atoms with E-state index < -0.39 is 0 Å². The molecule has 7 heteroatoms. The average molecular weight is 408 g/mol. The molecule has 2 aromatic heterocycles. The number of H-pyrrole nitrogens is 1. The van der Waals surface area contributed by atoms with Gasteiger partial charge in [-0.25, -0.2) is 9.97 Å². The van der Waals surface area contributed by atoms with Gasteiger partial charge in [-0.2, -0.15) is 0 Å². The van der Waals surface area contributed by atoms with E-state index in [4.69, 9.17) is 4.74 Å². The van der Waals surface area contributed by atoms with Crippen LogP contribution in [0.5, 0.6) is 5.75 Å². The number of aromatic amines is 1. The lowest BCUT2D eigenvalue weighted by Gasteiger charge is -2.32. The van der Waals surface area contributed by atoms with Gasteiger partial charge in [-0.15, -0.1) is 0 Å². The van der Waals surface area contributed by atoms with Crippen molar-refractivity contribution in [3.05, 3.63) is 47.4 Å². The molecule has 30 heavy (non-hydrogen) atoms. The Kier molecular flexibility index (Phi) is 5.88. The quantitative estimate of drug-likeness (QED) is 0.656. The van der Waals surface area contributed by atoms with Crippen LogP contribution in [0.25, 0.3) is 10.9 Å². The molecule has 4 rings (SSSR count). The van der Waals surface area contributed by atoms with Crippen LogP contribution in [0, 0.1) is 19.8 Å². The molecule has 0 spiro atoms. The number of ether oxygens (including phenoxy) is 1. The van der Waals surface area contributed by atoms with E-state index in [1.165, 1.54) is 5.56 Å². The molecule has 1 aliphatic rings. The number of rotatable bonds is 6. The van der Waals surface area contributed by atoms with E-state index in [0.29, 0.717) is 13.1 Å². The number of fused-ring (bicyclic) bond motifs is 1. The van der Waals surface area contributed by atoms with E-state index in [1.807, 2.05) is 44.3 Å². The summed E-state index contributed by atoms with van der Waals surface area (Å²) in [6.07, 6.45) is 4.65. The third-order valence-corrected chi connectivity index (χ3v) is 5.71. The molecule has 158 valence electrons. The Balaban J connectivity index is 1.35. The molecular weight excluding hydrogens is 378 g/mol. The summed E-state index contributed by atoms with van der Waals surface area (Å²) in [6.45, 7) is 6.13. The molecule has 1 aliphatic heterocycles. The van der Waals surface area contributed by atoms with Crippen molar-refractivity contribution in [3.63, 3.8) is 0 Å². The lowest BCUT2D eigenvalue weighted by Crippen LogP contribution is -2.44. The summed E-state index contributed by atoms with van der Waals surface area (Å²) in [6, 6.07) is 7.96. The summed E-state index contributed by atoms with van der Waals surface area (Å²) in [4.78, 5) is 27.3. The van der Waals surface area contributed by atoms with Crippen molar-refractivity contribution in [1.82, 2.24) is 20.3 Å². The van der Waals surface area contributed by atoms with Crippen LogP contribution in [0.15, 0.2) is 30.5 Å². The van der Waals surface area contributed by atoms with Crippen molar-refractivity contribution in [3.8, 4) is 5.75 Å². The molecule has 1 atom stereocenters. The zero-order chi connectivity index (χ0) is 21.1. The molecule has 3 heterocycles. The highest BCUT2D eigenvalue weighted by molar-refractivity contribution is 5.85. The van der Waals surface area contributed by atoms with E-state index in [-0.39, 0.29) is 11.8 Å². The lowest BCUT2D eigenvalue weighted by molar-refractivity contribution is -0.125. The van der Waals surface area contributed by atoms with E-state index in [0.717, 1.165) is 59.8 Å². The van der Waals surface area contributed by atoms with Crippen LogP contribution in [0.1, 0.15) is 29.8 Å². The number of carbonyl (C=O) groups is 1. The maximum atomic E-state index is 12.8. The fraction of sp³-hybridized carbons (Fsp3) is 0.435. The van der Waals surface area contributed by atoms with Gasteiger partial charge in [-0.1, -0.05) is 0 Å². The molecule has 1 saturated heterocycles. The first-order chi connectivity index (χ1) is 14.5. The highest BCUT2D eigenvalue weighted by Crippen LogP contribution is 2.24. The Morgan fingerprint density at radius 2 is 2.07 bits per heavy atom. The predicted octanol–water partition coefficient (Wildman–Crippen LogP) is 3.16. The maximum absolute atomic E-state index is 12.8. The minimum Gasteiger partial charge on any atom is -0.497 e. The smallest absolute Gasteiger partial charge is 0.225 e. The van der Waals surface area contributed by atoms with E-state index >= 15 is 0 Å². The van der Waals surface area contributed by atoms with Gasteiger partial charge >= 0.3 is 0 Å². The first-order valence-electron chi connectivity index (χ1n) is 10.5. The van der Waals surface area contributed by atoms with Crippen LogP contribution in [-0.2, 0) is 11.2 Å². The molecule has 3 aromatic rings. The van der Waals surface area contributed by atoms with Crippen molar-refractivity contribution >= 4 is 22.8 Å². The molecule has 0 bridgehead atoms. The summed E-state index contributed by atoms with van der Waals surface area (Å²) >= 11 is 0. The average Bonchev–Trinajstić information content (AvgIpc) is 3.15. The summed E-state index contributed by atoms with van der Waals surface area (Å²) < 4.78 is 5.33. The number of piperidine rings is 1. The van der Waals surface area contributed by atoms with E-state index in [2.05, 4.69) is 25.2 Å². The number of hydrogen-bond acceptors (Lipinski definition) is 5. The number of nitrogens with zero attached hydrogens (tertiary/aromatic N) is 3. The van der Waals surface area contributed by atoms with Crippen LogP contribution in [0.4, 0.5) is 5.95 Å². The van der Waals surface area contributed by atoms with Gasteiger partial charge in [0.2, 0.25) is 11.9 Å². The minimum atomic E-state index is -0.0359. The normalized spacial score (nSPS) is 16.6. The summed E-state index contributed by atoms with van der Waals surface area (Å²) in [5.41, 5.74) is 4.17. The van der Waals surface area contributed by atoms with Crippen LogP contribution < -0.4 is 15.0 Å². The molecule has 0 saturated carbocycles. The second-order valence-electron chi connectivity index (χ2n) is 8.00. The van der Waals surface area contributed by atoms with Crippen molar-refractivity contribution in [2.75, 3.05) is 31.6 Å². The summed E-state index contributed by atoms with van der Waals surface area (Å²) in [5, 5.41) is 4.27. The van der Waals surface area contributed by atoms with Crippen LogP contribution in [0.3, 0.4) is 0 Å². The molecule has 1 fully saturated rings. The predicted molar refractivity (Wildman–Crippen MR) is 118 cm³/mol. The monoisotopic (exact) mass is 407 g/mol. The Bertz CT molecular complexity index is 1020. The Morgan fingerprint density at radius 3 is 2.83 bits per heavy atom. The van der Waals surface area contributed by atoms with Crippen LogP contribution in [-0.4, -0.2) is 47.6 Å². The third kappa shape index (κ3) is 4.40. The largest absolute Gasteiger partial charge is 0.497 e. The number of benzene rings is 1. The van der Waals surface area contributed by atoms with Gasteiger partial charge in [0.15, 0.2) is 0 Å². The van der Waals surface area contributed by atoms with Gasteiger partial charge < -0.3 is 19.9 Å². The van der Waals surface area contributed by atoms with Gasteiger partial charge in [-0.3, -0.25) is 4.79 Å². The molecule has 1 amide bonds. The second kappa shape index (κ2) is 8.73. The number of carbonyl (C=O) groups excluding carboxylic acids is 1. The molecular formula is C23H29N5O2. The SMILES string of the molecule is COc1ccc2[nH]cc(CCNC(=O)[C@H]3CCCN(c4nc(C)cc(C)n4)C3)c2c1. The number of methoxy groups -OCH3 is 1. The number of aryl methyl sites for hydroxylation is 2. The topological polar surface area (TPSA) is 83.1 Å². The van der Waals surface area contributed by atoms with Crippen molar-refractivity contribution in [1.29, 1.82) is 0 Å². The van der Waals surface area contributed by atoms with Gasteiger partial charge in [0.05, 0.1) is 13.0 Å². The summed E-state index contributed by atoms with van der Waals surface area (Å²) in [5.74, 6) is 1.65. The zero-order valence-corrected chi connectivity index (χ0v) is 17.9. The number of aromatic nitrogens is 3. The highest BCUT2D eigenvalue weighted by atomic mass is 16.5. The molecule has 2 N–H and O–H groups in total. The van der Waals surface area contributed by atoms with E-state index in [9.17, 15) is 4.79 Å². The van der Waals surface area contributed by atoms with Crippen molar-refractivity contribution < 1.29 is 9.53 Å². The van der Waals surface area contributed by atoms with Gasteiger partial charge in [0, 0.05) is 48.1 Å². The minimum absolute atomic E-state index is 0.0359. The van der Waals surface area contributed by atoms with Crippen molar-refractivity contribution in [2.24, 2.45) is 5.92 Å². The molecule has 1 aromatic carbocycles. The fourth-order valence-electron chi connectivity index (χ4n) is 4.18. The summed E-state index contributed by atoms with van der Waals surface area (Å²) in [7, 11) is 1.67. The van der Waals surface area contributed by atoms with Crippen LogP contribution >= 0.6 is 0 Å². The number of nitrogens with one attached hydrogen (secondary N) is 2. The Morgan fingerprint density at radius 1 is 1.27 bits per heavy atom. The standard InChI is InChI=1S/C23H29N5O2/c1-15-11-16(2)27-23(26-15)28-10-4-5-18(14-28)22(29)24-9-8-17-13-25-21-7-6-19(30-3)12-20(17)21/h6-7,11-13,18,25H,4-5,8-10,14H2,1-3H3,(H,24,29)/t18-/m0/s1. The van der Waals surface area contributed by atoms with Gasteiger partial charge in [0.25, 0.3) is 0 Å². The number of amides is 1. The van der Waals surface area contributed by atoms with Gasteiger partial charge in [0.1, 0.15) is 5.75 Å². The zero-order valence-electron chi connectivity index (χ0n) is 17.9. The molecule has 7 nitrogen and oxygen atoms in total. The fourth-order valence-corrected chi connectivity index (χ4v) is 4.18.